The lowest BCUT2D eigenvalue weighted by Crippen LogP contribution is -2.20. The Bertz CT molecular complexity index is 414. The summed E-state index contributed by atoms with van der Waals surface area (Å²) < 4.78 is 0. The number of amides is 1. The molecule has 0 spiro atoms. The minimum Gasteiger partial charge on any atom is -0.366 e. The molecule has 0 saturated carbocycles. The van der Waals surface area contributed by atoms with Gasteiger partial charge in [-0.25, -0.2) is 0 Å². The molecular formula is C12H15N3O. The summed E-state index contributed by atoms with van der Waals surface area (Å²) in [6, 6.07) is 7.47. The Kier molecular flexibility index (Phi) is 3.19. The Morgan fingerprint density at radius 3 is 2.94 bits per heavy atom. The van der Waals surface area contributed by atoms with E-state index in [1.54, 1.807) is 6.07 Å². The fourth-order valence-electron chi connectivity index (χ4n) is 1.84. The molecular weight excluding hydrogens is 202 g/mol. The minimum atomic E-state index is -0.361. The van der Waals surface area contributed by atoms with Crippen LogP contribution in [0.25, 0.3) is 0 Å². The Hall–Kier alpha value is -1.84. The third kappa shape index (κ3) is 2.39. The van der Waals surface area contributed by atoms with E-state index in [4.69, 9.17) is 5.73 Å². The molecule has 2 rings (SSSR count). The molecule has 16 heavy (non-hydrogen) atoms. The van der Waals surface area contributed by atoms with Gasteiger partial charge in [-0.1, -0.05) is 18.2 Å². The van der Waals surface area contributed by atoms with Gasteiger partial charge in [-0.15, -0.1) is 0 Å². The second-order valence-electron chi connectivity index (χ2n) is 3.81. The van der Waals surface area contributed by atoms with Gasteiger partial charge in [0.15, 0.2) is 0 Å². The van der Waals surface area contributed by atoms with Crippen LogP contribution in [0.5, 0.6) is 0 Å². The molecule has 1 aliphatic rings. The highest BCUT2D eigenvalue weighted by Crippen LogP contribution is 2.10. The summed E-state index contributed by atoms with van der Waals surface area (Å²) >= 11 is 0. The topological polar surface area (TPSA) is 58.7 Å². The third-order valence-electron chi connectivity index (χ3n) is 2.68. The lowest BCUT2D eigenvalue weighted by atomic mass is 10.0. The van der Waals surface area contributed by atoms with Gasteiger partial charge >= 0.3 is 0 Å². The lowest BCUT2D eigenvalue weighted by Gasteiger charge is -2.14. The zero-order valence-corrected chi connectivity index (χ0v) is 9.10. The van der Waals surface area contributed by atoms with Crippen LogP contribution in [-0.4, -0.2) is 30.2 Å². The van der Waals surface area contributed by atoms with Crippen molar-refractivity contribution in [2.45, 2.75) is 12.8 Å². The average Bonchev–Trinajstić information content (AvgIpc) is 2.79. The van der Waals surface area contributed by atoms with Crippen molar-refractivity contribution in [2.75, 3.05) is 13.1 Å². The second-order valence-corrected chi connectivity index (χ2v) is 3.81. The Balaban J connectivity index is 2.03. The molecule has 2 N–H and O–H groups in total. The summed E-state index contributed by atoms with van der Waals surface area (Å²) in [5.41, 5.74) is 6.93. The van der Waals surface area contributed by atoms with Crippen LogP contribution in [0.1, 0.15) is 22.3 Å². The van der Waals surface area contributed by atoms with Gasteiger partial charge in [-0.05, 0) is 18.1 Å². The predicted octanol–water partition coefficient (Wildman–Crippen LogP) is 1.02. The normalized spacial score (nSPS) is 14.4. The summed E-state index contributed by atoms with van der Waals surface area (Å²) in [5.74, 6) is -0.361. The number of carbonyl (C=O) groups excluding carboxylic acids is 1. The van der Waals surface area contributed by atoms with E-state index in [-0.39, 0.29) is 5.91 Å². The van der Waals surface area contributed by atoms with E-state index in [1.807, 2.05) is 29.4 Å². The summed E-state index contributed by atoms with van der Waals surface area (Å²) in [7, 11) is 0. The maximum Gasteiger partial charge on any atom is 0.248 e. The highest BCUT2D eigenvalue weighted by molar-refractivity contribution is 5.94. The summed E-state index contributed by atoms with van der Waals surface area (Å²) in [6.07, 6.45) is 3.73. The van der Waals surface area contributed by atoms with Crippen LogP contribution in [0.2, 0.25) is 0 Å². The first-order valence-electron chi connectivity index (χ1n) is 5.42. The zero-order valence-electron chi connectivity index (χ0n) is 9.10. The maximum absolute atomic E-state index is 11.2. The van der Waals surface area contributed by atoms with E-state index in [9.17, 15) is 4.79 Å². The van der Waals surface area contributed by atoms with Crippen molar-refractivity contribution in [1.82, 2.24) is 5.01 Å². The largest absolute Gasteiger partial charge is 0.366 e. The number of benzene rings is 1. The molecule has 84 valence electrons. The molecule has 4 nitrogen and oxygen atoms in total. The smallest absolute Gasteiger partial charge is 0.248 e. The van der Waals surface area contributed by atoms with Crippen LogP contribution in [0.4, 0.5) is 0 Å². The predicted molar refractivity (Wildman–Crippen MR) is 63.3 cm³/mol. The lowest BCUT2D eigenvalue weighted by molar-refractivity contribution is 0.0999. The molecule has 0 aliphatic carbocycles. The van der Waals surface area contributed by atoms with Crippen molar-refractivity contribution in [3.8, 4) is 0 Å². The van der Waals surface area contributed by atoms with Crippen LogP contribution in [0.3, 0.4) is 0 Å². The molecule has 0 unspecified atom stereocenters. The van der Waals surface area contributed by atoms with Gasteiger partial charge < -0.3 is 5.73 Å². The summed E-state index contributed by atoms with van der Waals surface area (Å²) in [6.45, 7) is 1.81. The fraction of sp³-hybridized carbons (Fsp3) is 0.333. The molecule has 1 heterocycles. The third-order valence-corrected chi connectivity index (χ3v) is 2.68. The van der Waals surface area contributed by atoms with Crippen molar-refractivity contribution in [1.29, 1.82) is 0 Å². The molecule has 0 saturated heterocycles. The number of hydrogen-bond acceptors (Lipinski definition) is 3. The number of nitrogens with two attached hydrogens (primary N) is 1. The van der Waals surface area contributed by atoms with Crippen LogP contribution in [-0.2, 0) is 6.42 Å². The molecule has 4 heteroatoms. The van der Waals surface area contributed by atoms with E-state index >= 15 is 0 Å². The standard InChI is InChI=1S/C12H15N3O/c13-12(16)11-5-2-1-4-10(11)6-9-15-8-3-7-14-15/h1-2,4-5,7H,3,6,8-9H2,(H2,13,16). The Morgan fingerprint density at radius 1 is 1.44 bits per heavy atom. The highest BCUT2D eigenvalue weighted by atomic mass is 16.1. The van der Waals surface area contributed by atoms with E-state index in [1.165, 1.54) is 0 Å². The van der Waals surface area contributed by atoms with E-state index in [0.717, 1.165) is 31.5 Å². The number of primary amides is 1. The molecule has 1 aromatic rings. The second kappa shape index (κ2) is 4.79. The molecule has 0 aromatic heterocycles. The van der Waals surface area contributed by atoms with Gasteiger partial charge in [0.25, 0.3) is 0 Å². The highest BCUT2D eigenvalue weighted by Gasteiger charge is 2.10. The van der Waals surface area contributed by atoms with Gasteiger partial charge in [-0.2, -0.15) is 5.10 Å². The van der Waals surface area contributed by atoms with Crippen LogP contribution in [0, 0.1) is 0 Å². The van der Waals surface area contributed by atoms with Crippen molar-refractivity contribution in [3.63, 3.8) is 0 Å². The van der Waals surface area contributed by atoms with Gasteiger partial charge in [0.05, 0.1) is 0 Å². The van der Waals surface area contributed by atoms with Crippen LogP contribution < -0.4 is 5.73 Å². The van der Waals surface area contributed by atoms with Gasteiger partial charge in [0, 0.05) is 31.3 Å². The van der Waals surface area contributed by atoms with Crippen molar-refractivity contribution >= 4 is 12.1 Å². The van der Waals surface area contributed by atoms with Crippen molar-refractivity contribution < 1.29 is 4.79 Å². The first kappa shape index (κ1) is 10.7. The average molecular weight is 217 g/mol. The number of carbonyl (C=O) groups is 1. The summed E-state index contributed by atoms with van der Waals surface area (Å²) in [5, 5.41) is 6.23. The van der Waals surface area contributed by atoms with Crippen LogP contribution >= 0.6 is 0 Å². The van der Waals surface area contributed by atoms with Gasteiger partial charge in [-0.3, -0.25) is 9.80 Å². The molecule has 0 atom stereocenters. The van der Waals surface area contributed by atoms with Gasteiger partial charge in [0.2, 0.25) is 5.91 Å². The Morgan fingerprint density at radius 2 is 2.25 bits per heavy atom. The molecule has 1 aromatic carbocycles. The van der Waals surface area contributed by atoms with E-state index in [0.29, 0.717) is 5.56 Å². The number of hydrogen-bond donors (Lipinski definition) is 1. The Labute approximate surface area is 94.7 Å². The first-order chi connectivity index (χ1) is 7.77. The zero-order chi connectivity index (χ0) is 11.4. The minimum absolute atomic E-state index is 0.361. The molecule has 0 bridgehead atoms. The van der Waals surface area contributed by atoms with Crippen molar-refractivity contribution in [2.24, 2.45) is 10.8 Å². The fourth-order valence-corrected chi connectivity index (χ4v) is 1.84. The van der Waals surface area contributed by atoms with Crippen molar-refractivity contribution in [3.05, 3.63) is 35.4 Å². The monoisotopic (exact) mass is 217 g/mol. The van der Waals surface area contributed by atoms with Crippen LogP contribution in [0.15, 0.2) is 29.4 Å². The van der Waals surface area contributed by atoms with E-state index < -0.39 is 0 Å². The number of rotatable bonds is 4. The van der Waals surface area contributed by atoms with E-state index in [2.05, 4.69) is 5.10 Å². The SMILES string of the molecule is NC(=O)c1ccccc1CCN1CCC=N1. The number of nitrogens with zero attached hydrogens (tertiary/aromatic N) is 2. The quantitative estimate of drug-likeness (QED) is 0.818. The van der Waals surface area contributed by atoms with Gasteiger partial charge in [0.1, 0.15) is 0 Å². The molecule has 1 amide bonds. The summed E-state index contributed by atoms with van der Waals surface area (Å²) in [4.78, 5) is 11.2. The maximum atomic E-state index is 11.2. The number of hydrazone groups is 1. The molecule has 0 radical (unpaired) electrons. The molecule has 1 aliphatic heterocycles. The first-order valence-corrected chi connectivity index (χ1v) is 5.42. The molecule has 0 fully saturated rings.